The van der Waals surface area contributed by atoms with E-state index in [1.807, 2.05) is 31.2 Å². The minimum atomic E-state index is -0.227. The van der Waals surface area contributed by atoms with Crippen LogP contribution in [0.3, 0.4) is 0 Å². The Morgan fingerprint density at radius 1 is 1.20 bits per heavy atom. The first-order chi connectivity index (χ1) is 12.0. The van der Waals surface area contributed by atoms with Gasteiger partial charge in [-0.25, -0.2) is 0 Å². The smallest absolute Gasteiger partial charge is 0.227 e. The van der Waals surface area contributed by atoms with Crippen molar-refractivity contribution in [1.29, 1.82) is 0 Å². The van der Waals surface area contributed by atoms with E-state index in [-0.39, 0.29) is 23.8 Å². The SMILES string of the molecule is Cc1ccc(N2CC(C(=O)NC(C)C3CC4CCC3C4)CC2=O)cc1. The summed E-state index contributed by atoms with van der Waals surface area (Å²) >= 11 is 0. The van der Waals surface area contributed by atoms with E-state index in [1.54, 1.807) is 4.90 Å². The number of nitrogens with zero attached hydrogens (tertiary/aromatic N) is 1. The summed E-state index contributed by atoms with van der Waals surface area (Å²) in [4.78, 5) is 26.8. The molecule has 1 aliphatic heterocycles. The summed E-state index contributed by atoms with van der Waals surface area (Å²) in [5, 5.41) is 3.23. The summed E-state index contributed by atoms with van der Waals surface area (Å²) in [6.07, 6.45) is 5.66. The second-order valence-corrected chi connectivity index (χ2v) is 8.38. The number of nitrogens with one attached hydrogen (secondary N) is 1. The van der Waals surface area contributed by atoms with Crippen molar-refractivity contribution in [2.24, 2.45) is 23.7 Å². The number of benzene rings is 1. The van der Waals surface area contributed by atoms with Crippen LogP contribution in [0.5, 0.6) is 0 Å². The molecule has 1 saturated heterocycles. The van der Waals surface area contributed by atoms with Gasteiger partial charge in [-0.2, -0.15) is 0 Å². The topological polar surface area (TPSA) is 49.4 Å². The van der Waals surface area contributed by atoms with Gasteiger partial charge in [-0.1, -0.05) is 24.1 Å². The van der Waals surface area contributed by atoms with Crippen LogP contribution in [0.15, 0.2) is 24.3 Å². The molecule has 5 atom stereocenters. The van der Waals surface area contributed by atoms with E-state index < -0.39 is 0 Å². The zero-order chi connectivity index (χ0) is 17.6. The van der Waals surface area contributed by atoms with Crippen LogP contribution in [-0.2, 0) is 9.59 Å². The normalized spacial score (nSPS) is 32.2. The minimum absolute atomic E-state index is 0.0524. The summed E-state index contributed by atoms with van der Waals surface area (Å²) in [6, 6.07) is 8.17. The summed E-state index contributed by atoms with van der Waals surface area (Å²) in [6.45, 7) is 4.68. The maximum Gasteiger partial charge on any atom is 0.227 e. The second-order valence-electron chi connectivity index (χ2n) is 8.38. The number of carbonyl (C=O) groups excluding carboxylic acids is 2. The molecule has 1 aromatic carbocycles. The van der Waals surface area contributed by atoms with Gasteiger partial charge >= 0.3 is 0 Å². The molecule has 3 aliphatic rings. The Kier molecular flexibility index (Phi) is 4.30. The van der Waals surface area contributed by atoms with E-state index in [2.05, 4.69) is 12.2 Å². The van der Waals surface area contributed by atoms with Crippen molar-refractivity contribution in [2.45, 2.75) is 52.0 Å². The van der Waals surface area contributed by atoms with Gasteiger partial charge in [0, 0.05) is 24.7 Å². The lowest BCUT2D eigenvalue weighted by Crippen LogP contribution is -2.43. The number of fused-ring (bicyclic) bond motifs is 2. The average Bonchev–Trinajstić information content (AvgIpc) is 3.31. The molecular weight excluding hydrogens is 312 g/mol. The fourth-order valence-electron chi connectivity index (χ4n) is 5.21. The highest BCUT2D eigenvalue weighted by Gasteiger charge is 2.43. The van der Waals surface area contributed by atoms with Crippen LogP contribution in [0.25, 0.3) is 0 Å². The zero-order valence-corrected chi connectivity index (χ0v) is 15.2. The van der Waals surface area contributed by atoms with Gasteiger partial charge in [0.2, 0.25) is 11.8 Å². The van der Waals surface area contributed by atoms with Crippen molar-refractivity contribution < 1.29 is 9.59 Å². The van der Waals surface area contributed by atoms with Crippen LogP contribution >= 0.6 is 0 Å². The molecule has 134 valence electrons. The number of anilines is 1. The lowest BCUT2D eigenvalue weighted by atomic mass is 9.84. The Labute approximate surface area is 150 Å². The number of carbonyl (C=O) groups is 2. The van der Waals surface area contributed by atoms with Crippen molar-refractivity contribution in [2.75, 3.05) is 11.4 Å². The van der Waals surface area contributed by atoms with Crippen LogP contribution in [-0.4, -0.2) is 24.4 Å². The van der Waals surface area contributed by atoms with Crippen molar-refractivity contribution in [3.05, 3.63) is 29.8 Å². The van der Waals surface area contributed by atoms with Crippen molar-refractivity contribution in [3.63, 3.8) is 0 Å². The van der Waals surface area contributed by atoms with Gasteiger partial charge in [0.1, 0.15) is 0 Å². The van der Waals surface area contributed by atoms with Crippen LogP contribution < -0.4 is 10.2 Å². The third-order valence-electron chi connectivity index (χ3n) is 6.65. The van der Waals surface area contributed by atoms with Gasteiger partial charge in [0.25, 0.3) is 0 Å². The maximum absolute atomic E-state index is 12.7. The number of hydrogen-bond acceptors (Lipinski definition) is 2. The molecule has 2 aliphatic carbocycles. The van der Waals surface area contributed by atoms with Gasteiger partial charge in [-0.3, -0.25) is 9.59 Å². The molecule has 0 aromatic heterocycles. The minimum Gasteiger partial charge on any atom is -0.353 e. The first-order valence-electron chi connectivity index (χ1n) is 9.68. The van der Waals surface area contributed by atoms with Crippen LogP contribution in [0.4, 0.5) is 5.69 Å². The van der Waals surface area contributed by atoms with Crippen LogP contribution in [0.1, 0.15) is 44.6 Å². The summed E-state index contributed by atoms with van der Waals surface area (Å²) in [5.41, 5.74) is 2.07. The first-order valence-corrected chi connectivity index (χ1v) is 9.68. The van der Waals surface area contributed by atoms with Gasteiger partial charge < -0.3 is 10.2 Å². The molecule has 2 bridgehead atoms. The predicted molar refractivity (Wildman–Crippen MR) is 98.2 cm³/mol. The van der Waals surface area contributed by atoms with Gasteiger partial charge in [-0.15, -0.1) is 0 Å². The first kappa shape index (κ1) is 16.6. The van der Waals surface area contributed by atoms with Crippen LogP contribution in [0.2, 0.25) is 0 Å². The highest BCUT2D eigenvalue weighted by atomic mass is 16.2. The zero-order valence-electron chi connectivity index (χ0n) is 15.2. The molecule has 1 aromatic rings. The van der Waals surface area contributed by atoms with E-state index in [9.17, 15) is 9.59 Å². The summed E-state index contributed by atoms with van der Waals surface area (Å²) in [5.74, 6) is 2.20. The molecule has 0 spiro atoms. The molecule has 1 heterocycles. The molecule has 4 heteroatoms. The molecule has 2 amide bonds. The van der Waals surface area contributed by atoms with E-state index in [0.29, 0.717) is 18.9 Å². The molecule has 2 saturated carbocycles. The quantitative estimate of drug-likeness (QED) is 0.914. The van der Waals surface area contributed by atoms with Crippen molar-refractivity contribution >= 4 is 17.5 Å². The lowest BCUT2D eigenvalue weighted by Gasteiger charge is -2.29. The molecule has 0 radical (unpaired) electrons. The Balaban J connectivity index is 1.36. The number of aryl methyl sites for hydroxylation is 1. The van der Waals surface area contributed by atoms with E-state index in [4.69, 9.17) is 0 Å². The number of hydrogen-bond donors (Lipinski definition) is 1. The van der Waals surface area contributed by atoms with Crippen molar-refractivity contribution in [3.8, 4) is 0 Å². The van der Waals surface area contributed by atoms with Crippen LogP contribution in [0, 0.1) is 30.6 Å². The average molecular weight is 340 g/mol. The Bertz CT molecular complexity index is 669. The largest absolute Gasteiger partial charge is 0.353 e. The predicted octanol–water partition coefficient (Wildman–Crippen LogP) is 3.29. The molecular formula is C21H28N2O2. The monoisotopic (exact) mass is 340 g/mol. The van der Waals surface area contributed by atoms with E-state index >= 15 is 0 Å². The highest BCUT2D eigenvalue weighted by molar-refractivity contribution is 6.00. The summed E-state index contributed by atoms with van der Waals surface area (Å²) < 4.78 is 0. The molecule has 1 N–H and O–H groups in total. The Morgan fingerprint density at radius 2 is 1.96 bits per heavy atom. The van der Waals surface area contributed by atoms with Crippen molar-refractivity contribution in [1.82, 2.24) is 5.32 Å². The summed E-state index contributed by atoms with van der Waals surface area (Å²) in [7, 11) is 0. The lowest BCUT2D eigenvalue weighted by molar-refractivity contribution is -0.127. The molecule has 4 rings (SSSR count). The van der Waals surface area contributed by atoms with Gasteiger partial charge in [0.05, 0.1) is 5.92 Å². The highest BCUT2D eigenvalue weighted by Crippen LogP contribution is 2.49. The third-order valence-corrected chi connectivity index (χ3v) is 6.65. The van der Waals surface area contributed by atoms with E-state index in [1.165, 1.54) is 31.2 Å². The Hall–Kier alpha value is -1.84. The molecule has 25 heavy (non-hydrogen) atoms. The third kappa shape index (κ3) is 3.19. The van der Waals surface area contributed by atoms with Gasteiger partial charge in [-0.05, 0) is 63.0 Å². The Morgan fingerprint density at radius 3 is 2.60 bits per heavy atom. The van der Waals surface area contributed by atoms with E-state index in [0.717, 1.165) is 17.5 Å². The molecule has 4 nitrogen and oxygen atoms in total. The number of rotatable bonds is 4. The standard InChI is InChI=1S/C21H28N2O2/c1-13-3-7-18(8-4-13)23-12-17(11-20(23)24)21(25)22-14(2)19-10-15-5-6-16(19)9-15/h3-4,7-8,14-17,19H,5-6,9-12H2,1-2H3,(H,22,25). The fourth-order valence-corrected chi connectivity index (χ4v) is 5.21. The second kappa shape index (κ2) is 6.47. The molecule has 3 fully saturated rings. The van der Waals surface area contributed by atoms with Gasteiger partial charge in [0.15, 0.2) is 0 Å². The maximum atomic E-state index is 12.7. The fraction of sp³-hybridized carbons (Fsp3) is 0.619. The molecule has 5 unspecified atom stereocenters. The number of amides is 2.